The number of rotatable bonds is 2. The molecule has 2 aliphatic rings. The molecule has 6 heteroatoms. The van der Waals surface area contributed by atoms with Crippen LogP contribution in [0, 0.1) is 19.3 Å². The standard InChI is InChI=1S/C20H27N5O/c1-15-13-16(2)25(23-15)18-4-3-17(14-22-18)19(26)24-11-7-20(8-12-24)5-9-21-10-6-20/h3-4,13-14,21H,5-12H2,1-2H3. The number of nitrogens with zero attached hydrogens (tertiary/aromatic N) is 4. The van der Waals surface area contributed by atoms with Gasteiger partial charge in [0.05, 0.1) is 11.3 Å². The Bertz CT molecular complexity index is 779. The first-order valence-electron chi connectivity index (χ1n) is 9.56. The second kappa shape index (κ2) is 6.83. The number of amides is 1. The average molecular weight is 353 g/mol. The third-order valence-corrected chi connectivity index (χ3v) is 6.00. The van der Waals surface area contributed by atoms with Crippen LogP contribution in [0.2, 0.25) is 0 Å². The van der Waals surface area contributed by atoms with E-state index in [9.17, 15) is 4.79 Å². The number of likely N-dealkylation sites (tertiary alicyclic amines) is 1. The first-order valence-corrected chi connectivity index (χ1v) is 9.56. The number of nitrogens with one attached hydrogen (secondary N) is 1. The fourth-order valence-corrected chi connectivity index (χ4v) is 4.32. The minimum absolute atomic E-state index is 0.0983. The zero-order valence-electron chi connectivity index (χ0n) is 15.7. The van der Waals surface area contributed by atoms with Crippen LogP contribution in [0.5, 0.6) is 0 Å². The zero-order chi connectivity index (χ0) is 18.1. The Kier molecular flexibility index (Phi) is 4.53. The lowest BCUT2D eigenvalue weighted by molar-refractivity contribution is 0.0495. The molecule has 4 rings (SSSR count). The molecule has 26 heavy (non-hydrogen) atoms. The third-order valence-electron chi connectivity index (χ3n) is 6.00. The molecule has 0 atom stereocenters. The summed E-state index contributed by atoms with van der Waals surface area (Å²) in [5.74, 6) is 0.848. The van der Waals surface area contributed by atoms with Crippen molar-refractivity contribution in [1.82, 2.24) is 25.0 Å². The molecule has 2 aliphatic heterocycles. The fourth-order valence-electron chi connectivity index (χ4n) is 4.32. The fraction of sp³-hybridized carbons (Fsp3) is 0.550. The topological polar surface area (TPSA) is 63.1 Å². The number of carbonyl (C=O) groups is 1. The van der Waals surface area contributed by atoms with Gasteiger partial charge in [-0.25, -0.2) is 9.67 Å². The van der Waals surface area contributed by atoms with Gasteiger partial charge in [0.25, 0.3) is 5.91 Å². The Balaban J connectivity index is 1.43. The molecule has 2 aromatic rings. The molecule has 2 saturated heterocycles. The molecule has 0 aromatic carbocycles. The lowest BCUT2D eigenvalue weighted by Crippen LogP contribution is -2.47. The van der Waals surface area contributed by atoms with Crippen molar-refractivity contribution in [3.8, 4) is 5.82 Å². The van der Waals surface area contributed by atoms with Gasteiger partial charge in [-0.3, -0.25) is 4.79 Å². The van der Waals surface area contributed by atoms with Gasteiger partial charge in [0.1, 0.15) is 0 Å². The maximum Gasteiger partial charge on any atom is 0.255 e. The number of hydrogen-bond donors (Lipinski definition) is 1. The summed E-state index contributed by atoms with van der Waals surface area (Å²) in [4.78, 5) is 19.3. The predicted molar refractivity (Wildman–Crippen MR) is 101 cm³/mol. The SMILES string of the molecule is Cc1cc(C)n(-c2ccc(C(=O)N3CCC4(CCNCC4)CC3)cn2)n1. The van der Waals surface area contributed by atoms with Crippen LogP contribution in [0.25, 0.3) is 5.82 Å². The lowest BCUT2D eigenvalue weighted by atomic mass is 9.71. The molecule has 0 bridgehead atoms. The largest absolute Gasteiger partial charge is 0.339 e. The molecule has 0 radical (unpaired) electrons. The number of hydrogen-bond acceptors (Lipinski definition) is 4. The zero-order valence-corrected chi connectivity index (χ0v) is 15.7. The van der Waals surface area contributed by atoms with Crippen LogP contribution in [0.1, 0.15) is 47.4 Å². The summed E-state index contributed by atoms with van der Waals surface area (Å²) in [7, 11) is 0. The van der Waals surface area contributed by atoms with E-state index < -0.39 is 0 Å². The van der Waals surface area contributed by atoms with E-state index in [1.807, 2.05) is 41.6 Å². The summed E-state index contributed by atoms with van der Waals surface area (Å²) in [6.45, 7) is 7.92. The van der Waals surface area contributed by atoms with E-state index in [1.165, 1.54) is 12.8 Å². The van der Waals surface area contributed by atoms with Crippen LogP contribution in [0.3, 0.4) is 0 Å². The Labute approximate surface area is 154 Å². The van der Waals surface area contributed by atoms with Crippen molar-refractivity contribution >= 4 is 5.91 Å². The highest BCUT2D eigenvalue weighted by Gasteiger charge is 2.36. The van der Waals surface area contributed by atoms with Crippen molar-refractivity contribution in [2.24, 2.45) is 5.41 Å². The second-order valence-corrected chi connectivity index (χ2v) is 7.79. The number of pyridine rings is 1. The van der Waals surface area contributed by atoms with Crippen LogP contribution in [0.4, 0.5) is 0 Å². The minimum Gasteiger partial charge on any atom is -0.339 e. The van der Waals surface area contributed by atoms with Crippen LogP contribution < -0.4 is 5.32 Å². The van der Waals surface area contributed by atoms with Crippen LogP contribution in [-0.4, -0.2) is 51.8 Å². The van der Waals surface area contributed by atoms with E-state index in [1.54, 1.807) is 6.20 Å². The first-order chi connectivity index (χ1) is 12.6. The number of aryl methyl sites for hydroxylation is 2. The van der Waals surface area contributed by atoms with Gasteiger partial charge in [-0.15, -0.1) is 0 Å². The molecule has 1 N–H and O–H groups in total. The summed E-state index contributed by atoms with van der Waals surface area (Å²) in [6, 6.07) is 5.77. The number of piperidine rings is 2. The van der Waals surface area contributed by atoms with E-state index in [4.69, 9.17) is 0 Å². The normalized spacial score (nSPS) is 19.7. The minimum atomic E-state index is 0.0983. The monoisotopic (exact) mass is 353 g/mol. The van der Waals surface area contributed by atoms with Gasteiger partial charge in [0.15, 0.2) is 5.82 Å². The molecule has 2 aromatic heterocycles. The molecule has 0 saturated carbocycles. The van der Waals surface area contributed by atoms with Crippen molar-refractivity contribution in [2.75, 3.05) is 26.2 Å². The molecule has 4 heterocycles. The van der Waals surface area contributed by atoms with E-state index in [-0.39, 0.29) is 5.91 Å². The summed E-state index contributed by atoms with van der Waals surface area (Å²) in [5.41, 5.74) is 3.12. The van der Waals surface area contributed by atoms with Crippen molar-refractivity contribution < 1.29 is 4.79 Å². The molecule has 2 fully saturated rings. The average Bonchev–Trinajstić information content (AvgIpc) is 3.01. The molecule has 138 valence electrons. The molecular formula is C20H27N5O. The van der Waals surface area contributed by atoms with E-state index in [2.05, 4.69) is 15.4 Å². The van der Waals surface area contributed by atoms with Gasteiger partial charge in [0, 0.05) is 25.0 Å². The van der Waals surface area contributed by atoms with Crippen LogP contribution in [0.15, 0.2) is 24.4 Å². The van der Waals surface area contributed by atoms with Gasteiger partial charge >= 0.3 is 0 Å². The molecule has 0 aliphatic carbocycles. The smallest absolute Gasteiger partial charge is 0.255 e. The molecule has 0 unspecified atom stereocenters. The Morgan fingerprint density at radius 1 is 1.12 bits per heavy atom. The Hall–Kier alpha value is -2.21. The van der Waals surface area contributed by atoms with Gasteiger partial charge < -0.3 is 10.2 Å². The Morgan fingerprint density at radius 2 is 1.85 bits per heavy atom. The van der Waals surface area contributed by atoms with Gasteiger partial charge in [-0.05, 0) is 76.2 Å². The number of carbonyl (C=O) groups excluding carboxylic acids is 1. The van der Waals surface area contributed by atoms with Crippen molar-refractivity contribution in [3.05, 3.63) is 41.3 Å². The second-order valence-electron chi connectivity index (χ2n) is 7.79. The first kappa shape index (κ1) is 17.2. The van der Waals surface area contributed by atoms with E-state index >= 15 is 0 Å². The highest BCUT2D eigenvalue weighted by atomic mass is 16.2. The maximum atomic E-state index is 12.8. The van der Waals surface area contributed by atoms with Gasteiger partial charge in [-0.1, -0.05) is 0 Å². The summed E-state index contributed by atoms with van der Waals surface area (Å²) in [6.07, 6.45) is 6.42. The molecule has 6 nitrogen and oxygen atoms in total. The van der Waals surface area contributed by atoms with Crippen molar-refractivity contribution in [3.63, 3.8) is 0 Å². The third kappa shape index (κ3) is 3.26. The summed E-state index contributed by atoms with van der Waals surface area (Å²) < 4.78 is 1.81. The van der Waals surface area contributed by atoms with Gasteiger partial charge in [-0.2, -0.15) is 5.10 Å². The van der Waals surface area contributed by atoms with Gasteiger partial charge in [0.2, 0.25) is 0 Å². The van der Waals surface area contributed by atoms with Crippen LogP contribution >= 0.6 is 0 Å². The number of aromatic nitrogens is 3. The molecule has 1 amide bonds. The van der Waals surface area contributed by atoms with Crippen molar-refractivity contribution in [1.29, 1.82) is 0 Å². The molecular weight excluding hydrogens is 326 g/mol. The summed E-state index contributed by atoms with van der Waals surface area (Å²) >= 11 is 0. The highest BCUT2D eigenvalue weighted by molar-refractivity contribution is 5.94. The Morgan fingerprint density at radius 3 is 2.42 bits per heavy atom. The van der Waals surface area contributed by atoms with E-state index in [0.717, 1.165) is 56.2 Å². The van der Waals surface area contributed by atoms with Crippen molar-refractivity contribution in [2.45, 2.75) is 39.5 Å². The molecule has 1 spiro atoms. The maximum absolute atomic E-state index is 12.8. The van der Waals surface area contributed by atoms with E-state index in [0.29, 0.717) is 11.0 Å². The van der Waals surface area contributed by atoms with Crippen LogP contribution in [-0.2, 0) is 0 Å². The quantitative estimate of drug-likeness (QED) is 0.901. The predicted octanol–water partition coefficient (Wildman–Crippen LogP) is 2.49. The highest BCUT2D eigenvalue weighted by Crippen LogP contribution is 2.39. The lowest BCUT2D eigenvalue weighted by Gasteiger charge is -2.44. The summed E-state index contributed by atoms with van der Waals surface area (Å²) in [5, 5.41) is 7.89.